The monoisotopic (exact) mass is 525 g/mol. The highest BCUT2D eigenvalue weighted by molar-refractivity contribution is 6.46. The SMILES string of the molecule is C=C/N=C(\C=C/C)C(=O)[C@@H]1C[C@@]2(C)C[C@H]2N1C(=O)Cn1nc(C(C)=O)c2cc(-c3cnc(C)nc3)nc(C)c21. The first-order valence-corrected chi connectivity index (χ1v) is 12.9. The number of nitrogens with zero attached hydrogens (tertiary/aromatic N) is 7. The number of rotatable bonds is 8. The van der Waals surface area contributed by atoms with Gasteiger partial charge in [0.1, 0.15) is 23.8 Å². The lowest BCUT2D eigenvalue weighted by atomic mass is 9.97. The maximum atomic E-state index is 13.8. The molecule has 1 aliphatic carbocycles. The molecule has 10 nitrogen and oxygen atoms in total. The third-order valence-corrected chi connectivity index (χ3v) is 7.63. The zero-order chi connectivity index (χ0) is 28.1. The molecule has 39 heavy (non-hydrogen) atoms. The number of aliphatic imine (C=N–C) groups is 1. The number of carbonyl (C=O) groups is 3. The van der Waals surface area contributed by atoms with E-state index in [2.05, 4.69) is 33.6 Å². The van der Waals surface area contributed by atoms with E-state index in [-0.39, 0.29) is 46.9 Å². The number of carbonyl (C=O) groups excluding carboxylic acids is 3. The van der Waals surface area contributed by atoms with Crippen molar-refractivity contribution < 1.29 is 14.4 Å². The number of aryl methyl sites for hydroxylation is 2. The maximum Gasteiger partial charge on any atom is 0.245 e. The largest absolute Gasteiger partial charge is 0.327 e. The van der Waals surface area contributed by atoms with E-state index < -0.39 is 6.04 Å². The molecule has 1 aliphatic heterocycles. The van der Waals surface area contributed by atoms with Gasteiger partial charge in [-0.05, 0) is 51.2 Å². The van der Waals surface area contributed by atoms with Crippen LogP contribution in [0.15, 0.2) is 48.4 Å². The first-order valence-electron chi connectivity index (χ1n) is 12.9. The van der Waals surface area contributed by atoms with Gasteiger partial charge in [-0.2, -0.15) is 5.10 Å². The van der Waals surface area contributed by atoms with Crippen LogP contribution in [0.5, 0.6) is 0 Å². The summed E-state index contributed by atoms with van der Waals surface area (Å²) in [5.41, 5.74) is 3.00. The van der Waals surface area contributed by atoms with E-state index in [0.717, 1.165) is 6.42 Å². The van der Waals surface area contributed by atoms with Crippen molar-refractivity contribution in [1.29, 1.82) is 0 Å². The molecule has 2 fully saturated rings. The van der Waals surface area contributed by atoms with Crippen LogP contribution in [0.1, 0.15) is 55.6 Å². The highest BCUT2D eigenvalue weighted by atomic mass is 16.2. The Bertz CT molecular complexity index is 1580. The summed E-state index contributed by atoms with van der Waals surface area (Å²) in [6.45, 7) is 12.5. The Morgan fingerprint density at radius 3 is 2.56 bits per heavy atom. The molecule has 4 heterocycles. The molecule has 200 valence electrons. The number of hydrogen-bond acceptors (Lipinski definition) is 8. The normalized spacial score (nSPS) is 22.4. The number of amides is 1. The number of Topliss-reactive ketones (excluding diaryl/α,β-unsaturated/α-hetero) is 2. The number of likely N-dealkylation sites (tertiary alicyclic amines) is 1. The molecule has 3 atom stereocenters. The number of piperidine rings is 1. The molecule has 1 amide bonds. The minimum atomic E-state index is -0.613. The van der Waals surface area contributed by atoms with Gasteiger partial charge in [0.05, 0.1) is 22.9 Å². The minimum absolute atomic E-state index is 0.0176. The third-order valence-electron chi connectivity index (χ3n) is 7.63. The van der Waals surface area contributed by atoms with Crippen molar-refractivity contribution in [2.24, 2.45) is 10.4 Å². The van der Waals surface area contributed by atoms with Gasteiger partial charge in [-0.1, -0.05) is 19.6 Å². The Hall–Kier alpha value is -4.34. The van der Waals surface area contributed by atoms with Crippen LogP contribution < -0.4 is 0 Å². The fourth-order valence-corrected chi connectivity index (χ4v) is 5.63. The molecule has 0 spiro atoms. The lowest BCUT2D eigenvalue weighted by Gasteiger charge is -2.26. The number of fused-ring (bicyclic) bond motifs is 2. The summed E-state index contributed by atoms with van der Waals surface area (Å²) in [5, 5.41) is 5.15. The fourth-order valence-electron chi connectivity index (χ4n) is 5.63. The van der Waals surface area contributed by atoms with Gasteiger partial charge in [-0.3, -0.25) is 29.0 Å². The summed E-state index contributed by atoms with van der Waals surface area (Å²) < 4.78 is 1.54. The van der Waals surface area contributed by atoms with Crippen LogP contribution in [0.25, 0.3) is 22.2 Å². The molecule has 0 radical (unpaired) electrons. The van der Waals surface area contributed by atoms with Crippen LogP contribution in [0, 0.1) is 19.3 Å². The Kier molecular flexibility index (Phi) is 6.57. The van der Waals surface area contributed by atoms with Gasteiger partial charge in [0.25, 0.3) is 0 Å². The first kappa shape index (κ1) is 26.3. The molecular weight excluding hydrogens is 494 g/mol. The van der Waals surface area contributed by atoms with Crippen molar-refractivity contribution in [3.63, 3.8) is 0 Å². The average Bonchev–Trinajstić information content (AvgIpc) is 3.24. The van der Waals surface area contributed by atoms with Gasteiger partial charge in [-0.15, -0.1) is 0 Å². The van der Waals surface area contributed by atoms with Crippen LogP contribution >= 0.6 is 0 Å². The van der Waals surface area contributed by atoms with E-state index in [4.69, 9.17) is 4.98 Å². The fraction of sp³-hybridized carbons (Fsp3) is 0.379. The highest BCUT2D eigenvalue weighted by Gasteiger charge is 2.64. The molecule has 10 heteroatoms. The molecule has 0 bridgehead atoms. The summed E-state index contributed by atoms with van der Waals surface area (Å²) in [7, 11) is 0. The molecule has 0 unspecified atom stereocenters. The molecule has 5 rings (SSSR count). The van der Waals surface area contributed by atoms with Crippen molar-refractivity contribution in [2.75, 3.05) is 0 Å². The minimum Gasteiger partial charge on any atom is -0.327 e. The van der Waals surface area contributed by atoms with E-state index in [1.54, 1.807) is 42.4 Å². The van der Waals surface area contributed by atoms with Crippen molar-refractivity contribution in [2.45, 2.75) is 66.1 Å². The number of ketones is 2. The summed E-state index contributed by atoms with van der Waals surface area (Å²) in [6, 6.07) is 1.16. The Balaban J connectivity index is 1.51. The van der Waals surface area contributed by atoms with Crippen LogP contribution in [0.3, 0.4) is 0 Å². The summed E-state index contributed by atoms with van der Waals surface area (Å²) >= 11 is 0. The molecule has 0 N–H and O–H groups in total. The molecule has 3 aromatic heterocycles. The quantitative estimate of drug-likeness (QED) is 0.324. The van der Waals surface area contributed by atoms with Crippen molar-refractivity contribution in [1.82, 2.24) is 29.6 Å². The number of aromatic nitrogens is 5. The van der Waals surface area contributed by atoms with Crippen LogP contribution in [0.2, 0.25) is 0 Å². The lowest BCUT2D eigenvalue weighted by Crippen LogP contribution is -2.46. The summed E-state index contributed by atoms with van der Waals surface area (Å²) in [4.78, 5) is 58.9. The number of allylic oxidation sites excluding steroid dienone is 2. The van der Waals surface area contributed by atoms with E-state index in [1.165, 1.54) is 17.8 Å². The number of pyridine rings is 1. The van der Waals surface area contributed by atoms with E-state index in [9.17, 15) is 14.4 Å². The summed E-state index contributed by atoms with van der Waals surface area (Å²) in [5.74, 6) is -0.00449. The third kappa shape index (κ3) is 4.60. The number of hydrogen-bond donors (Lipinski definition) is 0. The summed E-state index contributed by atoms with van der Waals surface area (Å²) in [6.07, 6.45) is 9.53. The predicted molar refractivity (Wildman–Crippen MR) is 147 cm³/mol. The van der Waals surface area contributed by atoms with Gasteiger partial charge in [0.2, 0.25) is 11.7 Å². The van der Waals surface area contributed by atoms with Gasteiger partial charge in [0.15, 0.2) is 5.78 Å². The Morgan fingerprint density at radius 1 is 1.21 bits per heavy atom. The van der Waals surface area contributed by atoms with E-state index in [0.29, 0.717) is 40.1 Å². The highest BCUT2D eigenvalue weighted by Crippen LogP contribution is 2.59. The second-order valence-electron chi connectivity index (χ2n) is 10.5. The molecular formula is C29H31N7O3. The Labute approximate surface area is 226 Å². The van der Waals surface area contributed by atoms with Gasteiger partial charge >= 0.3 is 0 Å². The maximum absolute atomic E-state index is 13.8. The van der Waals surface area contributed by atoms with Gasteiger partial charge < -0.3 is 4.90 Å². The van der Waals surface area contributed by atoms with Gasteiger partial charge in [0, 0.05) is 42.5 Å². The molecule has 1 saturated heterocycles. The van der Waals surface area contributed by atoms with Crippen molar-refractivity contribution >= 4 is 34.1 Å². The average molecular weight is 526 g/mol. The van der Waals surface area contributed by atoms with E-state index >= 15 is 0 Å². The molecule has 3 aromatic rings. The zero-order valence-corrected chi connectivity index (χ0v) is 22.8. The van der Waals surface area contributed by atoms with Gasteiger partial charge in [-0.25, -0.2) is 9.97 Å². The predicted octanol–water partition coefficient (Wildman–Crippen LogP) is 3.82. The molecule has 1 saturated carbocycles. The van der Waals surface area contributed by atoms with Crippen LogP contribution in [0.4, 0.5) is 0 Å². The van der Waals surface area contributed by atoms with Crippen LogP contribution in [-0.2, 0) is 16.1 Å². The first-order chi connectivity index (χ1) is 18.6. The van der Waals surface area contributed by atoms with E-state index in [1.807, 2.05) is 13.8 Å². The standard InChI is InChI=1S/C29H31N7O3/c1-7-9-21(30-8-2)28(39)23-11-29(6)12-24(29)36(23)25(38)15-35-27-16(3)33-22(19-13-31-18(5)32-14-19)10-20(27)26(34-35)17(4)37/h7-10,13-14,23-24H,2,11-12,15H2,1,3-6H3/b9-7-,30-21+/t23-,24+,29-/m0/s1. The lowest BCUT2D eigenvalue weighted by molar-refractivity contribution is -0.137. The smallest absolute Gasteiger partial charge is 0.245 e. The topological polar surface area (TPSA) is 123 Å². The van der Waals surface area contributed by atoms with Crippen molar-refractivity contribution in [3.8, 4) is 11.3 Å². The second-order valence-corrected chi connectivity index (χ2v) is 10.5. The van der Waals surface area contributed by atoms with Crippen molar-refractivity contribution in [3.05, 3.63) is 60.6 Å². The molecule has 2 aliphatic rings. The molecule has 0 aromatic carbocycles. The Morgan fingerprint density at radius 2 is 1.92 bits per heavy atom. The zero-order valence-electron chi connectivity index (χ0n) is 22.8. The second kappa shape index (κ2) is 9.76. The van der Waals surface area contributed by atoms with Crippen LogP contribution in [-0.4, -0.2) is 64.9 Å².